The predicted molar refractivity (Wildman–Crippen MR) is 110 cm³/mol. The first kappa shape index (κ1) is 21.4. The lowest BCUT2D eigenvalue weighted by atomic mass is 10.1. The SMILES string of the molecule is CCOC(=O)N1CCN(C(=O)[C@@H](C)NC(=O)c2cc(OC)c3ccccc3n2)CC1. The molecule has 1 aromatic carbocycles. The lowest BCUT2D eigenvalue weighted by molar-refractivity contribution is -0.134. The maximum Gasteiger partial charge on any atom is 0.409 e. The second-order valence-corrected chi connectivity index (χ2v) is 6.93. The Morgan fingerprint density at radius 1 is 1.13 bits per heavy atom. The number of piperazine rings is 1. The van der Waals surface area contributed by atoms with Gasteiger partial charge in [0.25, 0.3) is 5.91 Å². The van der Waals surface area contributed by atoms with Crippen molar-refractivity contribution in [1.82, 2.24) is 20.1 Å². The Balaban J connectivity index is 1.62. The summed E-state index contributed by atoms with van der Waals surface area (Å²) in [6, 6.07) is 8.20. The second-order valence-electron chi connectivity index (χ2n) is 6.93. The van der Waals surface area contributed by atoms with Crippen molar-refractivity contribution < 1.29 is 23.9 Å². The zero-order valence-corrected chi connectivity index (χ0v) is 17.4. The van der Waals surface area contributed by atoms with Crippen molar-refractivity contribution in [3.63, 3.8) is 0 Å². The molecule has 0 aliphatic carbocycles. The molecule has 1 fully saturated rings. The minimum Gasteiger partial charge on any atom is -0.496 e. The number of nitrogens with zero attached hydrogens (tertiary/aromatic N) is 3. The molecule has 1 aliphatic heterocycles. The summed E-state index contributed by atoms with van der Waals surface area (Å²) in [5.74, 6) is -0.121. The van der Waals surface area contributed by atoms with Gasteiger partial charge >= 0.3 is 6.09 Å². The van der Waals surface area contributed by atoms with E-state index in [1.165, 1.54) is 7.11 Å². The first-order valence-electron chi connectivity index (χ1n) is 9.89. The number of rotatable bonds is 5. The Kier molecular flexibility index (Phi) is 6.71. The highest BCUT2D eigenvalue weighted by Gasteiger charge is 2.28. The van der Waals surface area contributed by atoms with Crippen LogP contribution in [0.5, 0.6) is 5.75 Å². The molecule has 1 saturated heterocycles. The molecule has 1 aromatic heterocycles. The van der Waals surface area contributed by atoms with Crippen LogP contribution in [0.2, 0.25) is 0 Å². The number of hydrogen-bond acceptors (Lipinski definition) is 6. The Hall–Kier alpha value is -3.36. The number of hydrogen-bond donors (Lipinski definition) is 1. The lowest BCUT2D eigenvalue weighted by Crippen LogP contribution is -2.55. The number of amides is 3. The summed E-state index contributed by atoms with van der Waals surface area (Å²) in [6.45, 7) is 5.27. The van der Waals surface area contributed by atoms with Crippen LogP contribution in [-0.4, -0.2) is 78.6 Å². The van der Waals surface area contributed by atoms with E-state index in [1.807, 2.05) is 18.2 Å². The number of carbonyl (C=O) groups is 3. The molecule has 0 radical (unpaired) electrons. The van der Waals surface area contributed by atoms with Gasteiger partial charge in [-0.05, 0) is 26.0 Å². The van der Waals surface area contributed by atoms with Gasteiger partial charge in [-0.1, -0.05) is 12.1 Å². The van der Waals surface area contributed by atoms with Crippen LogP contribution in [0.15, 0.2) is 30.3 Å². The molecule has 1 atom stereocenters. The van der Waals surface area contributed by atoms with Gasteiger partial charge in [-0.25, -0.2) is 9.78 Å². The largest absolute Gasteiger partial charge is 0.496 e. The molecule has 3 amide bonds. The van der Waals surface area contributed by atoms with Crippen molar-refractivity contribution in [2.45, 2.75) is 19.9 Å². The van der Waals surface area contributed by atoms with Gasteiger partial charge in [0.2, 0.25) is 5.91 Å². The molecule has 0 unspecified atom stereocenters. The summed E-state index contributed by atoms with van der Waals surface area (Å²) in [5, 5.41) is 3.52. The molecule has 160 valence electrons. The summed E-state index contributed by atoms with van der Waals surface area (Å²) in [4.78, 5) is 44.8. The molecule has 2 aromatic rings. The third-order valence-electron chi connectivity index (χ3n) is 4.97. The number of carbonyl (C=O) groups excluding carboxylic acids is 3. The average molecular weight is 414 g/mol. The van der Waals surface area contributed by atoms with Crippen LogP contribution in [0.1, 0.15) is 24.3 Å². The number of aromatic nitrogens is 1. The Morgan fingerprint density at radius 2 is 1.80 bits per heavy atom. The van der Waals surface area contributed by atoms with Gasteiger partial charge in [0, 0.05) is 37.6 Å². The molecule has 0 saturated carbocycles. The molecule has 2 heterocycles. The quantitative estimate of drug-likeness (QED) is 0.799. The van der Waals surface area contributed by atoms with Gasteiger partial charge in [0.05, 0.1) is 19.2 Å². The maximum absolute atomic E-state index is 12.7. The third kappa shape index (κ3) is 4.61. The zero-order valence-electron chi connectivity index (χ0n) is 17.4. The summed E-state index contributed by atoms with van der Waals surface area (Å²) in [5.41, 5.74) is 0.813. The molecule has 9 heteroatoms. The van der Waals surface area contributed by atoms with Crippen LogP contribution in [0.3, 0.4) is 0 Å². The summed E-state index contributed by atoms with van der Waals surface area (Å²) in [7, 11) is 1.53. The molecule has 30 heavy (non-hydrogen) atoms. The second kappa shape index (κ2) is 9.43. The van der Waals surface area contributed by atoms with E-state index in [0.717, 1.165) is 5.39 Å². The van der Waals surface area contributed by atoms with Crippen molar-refractivity contribution in [2.24, 2.45) is 0 Å². The van der Waals surface area contributed by atoms with E-state index in [-0.39, 0.29) is 17.7 Å². The molecule has 1 N–H and O–H groups in total. The van der Waals surface area contributed by atoms with E-state index in [2.05, 4.69) is 10.3 Å². The normalized spacial score (nSPS) is 14.9. The molecular formula is C21H26N4O5. The van der Waals surface area contributed by atoms with Gasteiger partial charge in [0.1, 0.15) is 17.5 Å². The minimum atomic E-state index is -0.731. The highest BCUT2D eigenvalue weighted by atomic mass is 16.6. The lowest BCUT2D eigenvalue weighted by Gasteiger charge is -2.35. The highest BCUT2D eigenvalue weighted by molar-refractivity contribution is 5.99. The fourth-order valence-electron chi connectivity index (χ4n) is 3.36. The molecule has 1 aliphatic rings. The fraction of sp³-hybridized carbons (Fsp3) is 0.429. The average Bonchev–Trinajstić information content (AvgIpc) is 2.77. The van der Waals surface area contributed by atoms with Crippen LogP contribution in [-0.2, 0) is 9.53 Å². The monoisotopic (exact) mass is 414 g/mol. The number of nitrogens with one attached hydrogen (secondary N) is 1. The first-order chi connectivity index (χ1) is 14.4. The maximum atomic E-state index is 12.7. The summed E-state index contributed by atoms with van der Waals surface area (Å²) < 4.78 is 10.4. The van der Waals surface area contributed by atoms with Crippen molar-refractivity contribution in [3.05, 3.63) is 36.0 Å². The van der Waals surface area contributed by atoms with Crippen LogP contribution in [0.4, 0.5) is 4.79 Å². The van der Waals surface area contributed by atoms with Gasteiger partial charge in [-0.3, -0.25) is 9.59 Å². The predicted octanol–water partition coefficient (Wildman–Crippen LogP) is 1.66. The van der Waals surface area contributed by atoms with Gasteiger partial charge in [0.15, 0.2) is 0 Å². The first-order valence-corrected chi connectivity index (χ1v) is 9.89. The van der Waals surface area contributed by atoms with Crippen molar-refractivity contribution in [2.75, 3.05) is 39.9 Å². The third-order valence-corrected chi connectivity index (χ3v) is 4.97. The van der Waals surface area contributed by atoms with E-state index < -0.39 is 11.9 Å². The summed E-state index contributed by atoms with van der Waals surface area (Å²) >= 11 is 0. The topological polar surface area (TPSA) is 101 Å². The smallest absolute Gasteiger partial charge is 0.409 e. The minimum absolute atomic E-state index is 0.178. The number of pyridine rings is 1. The van der Waals surface area contributed by atoms with Crippen molar-refractivity contribution >= 4 is 28.8 Å². The Labute approximate surface area is 174 Å². The molecule has 9 nitrogen and oxygen atoms in total. The van der Waals surface area contributed by atoms with Crippen LogP contribution in [0.25, 0.3) is 10.9 Å². The molecule has 3 rings (SSSR count). The van der Waals surface area contributed by atoms with Crippen LogP contribution in [0, 0.1) is 0 Å². The van der Waals surface area contributed by atoms with E-state index in [9.17, 15) is 14.4 Å². The standard InChI is InChI=1S/C21H26N4O5/c1-4-30-21(28)25-11-9-24(10-12-25)20(27)14(2)22-19(26)17-13-18(29-3)15-7-5-6-8-16(15)23-17/h5-8,13-14H,4,9-12H2,1-3H3,(H,22,26)/t14-/m1/s1. The fourth-order valence-corrected chi connectivity index (χ4v) is 3.36. The van der Waals surface area contributed by atoms with E-state index in [1.54, 1.807) is 35.8 Å². The van der Waals surface area contributed by atoms with Gasteiger partial charge in [-0.15, -0.1) is 0 Å². The molecular weight excluding hydrogens is 388 g/mol. The number of para-hydroxylation sites is 1. The molecule has 0 spiro atoms. The van der Waals surface area contributed by atoms with E-state index in [4.69, 9.17) is 9.47 Å². The highest BCUT2D eigenvalue weighted by Crippen LogP contribution is 2.25. The van der Waals surface area contributed by atoms with E-state index in [0.29, 0.717) is 44.1 Å². The van der Waals surface area contributed by atoms with Gasteiger partial charge < -0.3 is 24.6 Å². The zero-order chi connectivity index (χ0) is 21.7. The van der Waals surface area contributed by atoms with Crippen molar-refractivity contribution in [1.29, 1.82) is 0 Å². The number of benzene rings is 1. The van der Waals surface area contributed by atoms with Gasteiger partial charge in [-0.2, -0.15) is 0 Å². The number of fused-ring (bicyclic) bond motifs is 1. The Bertz CT molecular complexity index is 940. The molecule has 0 bridgehead atoms. The van der Waals surface area contributed by atoms with Crippen LogP contribution >= 0.6 is 0 Å². The van der Waals surface area contributed by atoms with E-state index >= 15 is 0 Å². The van der Waals surface area contributed by atoms with Crippen molar-refractivity contribution in [3.8, 4) is 5.75 Å². The summed E-state index contributed by atoms with van der Waals surface area (Å²) in [6.07, 6.45) is -0.373. The Morgan fingerprint density at radius 3 is 2.47 bits per heavy atom. The number of methoxy groups -OCH3 is 1. The van der Waals surface area contributed by atoms with Crippen LogP contribution < -0.4 is 10.1 Å². The number of ether oxygens (including phenoxy) is 2.